The number of carbonyl (C=O) groups is 1. The van der Waals surface area contributed by atoms with E-state index in [2.05, 4.69) is 10.9 Å². The first-order valence-corrected chi connectivity index (χ1v) is 6.49. The second-order valence-corrected chi connectivity index (χ2v) is 4.87. The van der Waals surface area contributed by atoms with Gasteiger partial charge in [-0.2, -0.15) is 0 Å². The molecule has 1 fully saturated rings. The Kier molecular flexibility index (Phi) is 4.45. The average molecular weight is 289 g/mol. The number of rotatable bonds is 3. The first-order valence-electron chi connectivity index (χ1n) is 5.73. The third-order valence-electron chi connectivity index (χ3n) is 2.88. The van der Waals surface area contributed by atoms with E-state index in [1.165, 1.54) is 0 Å². The zero-order valence-electron chi connectivity index (χ0n) is 9.87. The summed E-state index contributed by atoms with van der Waals surface area (Å²) in [7, 11) is 0. The van der Waals surface area contributed by atoms with Crippen LogP contribution in [0, 0.1) is 0 Å². The molecule has 1 saturated heterocycles. The van der Waals surface area contributed by atoms with E-state index in [0.717, 1.165) is 5.56 Å². The maximum Gasteiger partial charge on any atom is 0.325 e. The van der Waals surface area contributed by atoms with E-state index < -0.39 is 6.04 Å². The second-order valence-electron chi connectivity index (χ2n) is 4.03. The van der Waals surface area contributed by atoms with Gasteiger partial charge in [-0.25, -0.2) is 5.43 Å². The molecule has 1 aliphatic rings. The van der Waals surface area contributed by atoms with Crippen molar-refractivity contribution in [1.82, 2.24) is 10.9 Å². The highest BCUT2D eigenvalue weighted by Crippen LogP contribution is 2.31. The molecule has 98 valence electrons. The van der Waals surface area contributed by atoms with Gasteiger partial charge >= 0.3 is 5.97 Å². The monoisotopic (exact) mass is 288 g/mol. The molecule has 0 bridgehead atoms. The molecular weight excluding hydrogens is 275 g/mol. The number of nitrogens with one attached hydrogen (secondary N) is 2. The Hall–Kier alpha value is -0.810. The van der Waals surface area contributed by atoms with Crippen LogP contribution in [0.1, 0.15) is 18.4 Å². The van der Waals surface area contributed by atoms with Gasteiger partial charge in [-0.05, 0) is 24.6 Å². The molecule has 0 radical (unpaired) electrons. The summed E-state index contributed by atoms with van der Waals surface area (Å²) in [5.74, 6) is -0.340. The van der Waals surface area contributed by atoms with Gasteiger partial charge in [0.05, 0.1) is 6.61 Å². The lowest BCUT2D eigenvalue weighted by atomic mass is 9.93. The molecule has 1 heterocycles. The smallest absolute Gasteiger partial charge is 0.325 e. The van der Waals surface area contributed by atoms with Gasteiger partial charge in [-0.1, -0.05) is 29.3 Å². The summed E-state index contributed by atoms with van der Waals surface area (Å²) in [4.78, 5) is 11.8. The summed E-state index contributed by atoms with van der Waals surface area (Å²) in [5, 5.41) is 1.14. The zero-order valence-corrected chi connectivity index (χ0v) is 11.4. The molecule has 0 aliphatic carbocycles. The zero-order chi connectivity index (χ0) is 13.1. The number of benzene rings is 1. The van der Waals surface area contributed by atoms with Crippen LogP contribution >= 0.6 is 23.2 Å². The minimum Gasteiger partial charge on any atom is -0.465 e. The van der Waals surface area contributed by atoms with Crippen molar-refractivity contribution in [3.05, 3.63) is 33.8 Å². The summed E-state index contributed by atoms with van der Waals surface area (Å²) < 4.78 is 5.03. The van der Waals surface area contributed by atoms with E-state index in [-0.39, 0.29) is 11.9 Å². The fourth-order valence-corrected chi connectivity index (χ4v) is 2.59. The molecule has 1 aliphatic heterocycles. The van der Waals surface area contributed by atoms with Gasteiger partial charge in [0.2, 0.25) is 0 Å². The number of hydrogen-bond acceptors (Lipinski definition) is 4. The van der Waals surface area contributed by atoms with Crippen molar-refractivity contribution in [1.29, 1.82) is 0 Å². The highest BCUT2D eigenvalue weighted by atomic mass is 35.5. The second kappa shape index (κ2) is 5.89. The van der Waals surface area contributed by atoms with Gasteiger partial charge in [0.25, 0.3) is 0 Å². The minimum absolute atomic E-state index is 0.0613. The standard InChI is InChI=1S/C12H14Cl2N2O2/c1-2-18-12(17)11-9(6-15-16-11)8-4-3-7(13)5-10(8)14/h3-5,9,11,15-16H,2,6H2,1H3. The van der Waals surface area contributed by atoms with Crippen molar-refractivity contribution in [2.24, 2.45) is 0 Å². The van der Waals surface area contributed by atoms with E-state index >= 15 is 0 Å². The molecule has 1 aromatic carbocycles. The highest BCUT2D eigenvalue weighted by Gasteiger charge is 2.35. The highest BCUT2D eigenvalue weighted by molar-refractivity contribution is 6.35. The van der Waals surface area contributed by atoms with Crippen molar-refractivity contribution in [2.75, 3.05) is 13.2 Å². The molecular formula is C12H14Cl2N2O2. The number of ether oxygens (including phenoxy) is 1. The quantitative estimate of drug-likeness (QED) is 0.837. The third kappa shape index (κ3) is 2.78. The van der Waals surface area contributed by atoms with E-state index in [0.29, 0.717) is 23.2 Å². The number of carbonyl (C=O) groups excluding carboxylic acids is 1. The first kappa shape index (κ1) is 13.6. The maximum atomic E-state index is 11.8. The van der Waals surface area contributed by atoms with Crippen LogP contribution in [0.3, 0.4) is 0 Å². The molecule has 18 heavy (non-hydrogen) atoms. The molecule has 0 spiro atoms. The van der Waals surface area contributed by atoms with Crippen LogP contribution in [0.25, 0.3) is 0 Å². The largest absolute Gasteiger partial charge is 0.465 e. The Balaban J connectivity index is 2.23. The van der Waals surface area contributed by atoms with Crippen LogP contribution in [0.5, 0.6) is 0 Å². The summed E-state index contributed by atoms with van der Waals surface area (Å²) in [6, 6.07) is 4.86. The van der Waals surface area contributed by atoms with Crippen molar-refractivity contribution < 1.29 is 9.53 Å². The van der Waals surface area contributed by atoms with Gasteiger partial charge < -0.3 is 4.74 Å². The SMILES string of the molecule is CCOC(=O)C1NNCC1c1ccc(Cl)cc1Cl. The Labute approximate surface area is 116 Å². The number of halogens is 2. The van der Waals surface area contributed by atoms with E-state index in [1.807, 2.05) is 6.07 Å². The van der Waals surface area contributed by atoms with Crippen LogP contribution in [0.15, 0.2) is 18.2 Å². The van der Waals surface area contributed by atoms with Crippen molar-refractivity contribution in [3.63, 3.8) is 0 Å². The van der Waals surface area contributed by atoms with Gasteiger partial charge in [0.15, 0.2) is 0 Å². The predicted octanol–water partition coefficient (Wildman–Crippen LogP) is 2.12. The van der Waals surface area contributed by atoms with E-state index in [1.54, 1.807) is 19.1 Å². The molecule has 2 atom stereocenters. The molecule has 2 N–H and O–H groups in total. The fraction of sp³-hybridized carbons (Fsp3) is 0.417. The summed E-state index contributed by atoms with van der Waals surface area (Å²) in [5.41, 5.74) is 6.76. The molecule has 1 aromatic rings. The minimum atomic E-state index is -0.427. The number of hydrazine groups is 1. The van der Waals surface area contributed by atoms with Gasteiger partial charge in [0.1, 0.15) is 6.04 Å². The molecule has 4 nitrogen and oxygen atoms in total. The topological polar surface area (TPSA) is 50.4 Å². The van der Waals surface area contributed by atoms with E-state index in [9.17, 15) is 4.79 Å². The Bertz CT molecular complexity index is 454. The van der Waals surface area contributed by atoms with Crippen molar-refractivity contribution in [2.45, 2.75) is 18.9 Å². The van der Waals surface area contributed by atoms with Crippen LogP contribution < -0.4 is 10.9 Å². The average Bonchev–Trinajstić information content (AvgIpc) is 2.78. The Morgan fingerprint density at radius 3 is 2.94 bits per heavy atom. The fourth-order valence-electron chi connectivity index (χ4n) is 2.04. The molecule has 6 heteroatoms. The van der Waals surface area contributed by atoms with Gasteiger partial charge in [0, 0.05) is 22.5 Å². The molecule has 0 saturated carbocycles. The van der Waals surface area contributed by atoms with Crippen LogP contribution in [0.4, 0.5) is 0 Å². The lowest BCUT2D eigenvalue weighted by Crippen LogP contribution is -2.39. The summed E-state index contributed by atoms with van der Waals surface area (Å²) in [6.07, 6.45) is 0. The molecule has 2 unspecified atom stereocenters. The maximum absolute atomic E-state index is 11.8. The first-order chi connectivity index (χ1) is 8.63. The molecule has 0 aromatic heterocycles. The van der Waals surface area contributed by atoms with Crippen molar-refractivity contribution in [3.8, 4) is 0 Å². The van der Waals surface area contributed by atoms with E-state index in [4.69, 9.17) is 27.9 Å². The Morgan fingerprint density at radius 1 is 1.50 bits per heavy atom. The lowest BCUT2D eigenvalue weighted by Gasteiger charge is -2.18. The van der Waals surface area contributed by atoms with Crippen LogP contribution in [-0.4, -0.2) is 25.2 Å². The third-order valence-corrected chi connectivity index (χ3v) is 3.45. The van der Waals surface area contributed by atoms with Gasteiger partial charge in [-0.15, -0.1) is 0 Å². The molecule has 0 amide bonds. The number of hydrogen-bond donors (Lipinski definition) is 2. The number of esters is 1. The summed E-state index contributed by atoms with van der Waals surface area (Å²) in [6.45, 7) is 2.76. The summed E-state index contributed by atoms with van der Waals surface area (Å²) >= 11 is 12.0. The normalized spacial score (nSPS) is 23.1. The van der Waals surface area contributed by atoms with Crippen LogP contribution in [-0.2, 0) is 9.53 Å². The van der Waals surface area contributed by atoms with Crippen molar-refractivity contribution >= 4 is 29.2 Å². The lowest BCUT2D eigenvalue weighted by molar-refractivity contribution is -0.145. The van der Waals surface area contributed by atoms with Gasteiger partial charge in [-0.3, -0.25) is 10.2 Å². The van der Waals surface area contributed by atoms with Crippen LogP contribution in [0.2, 0.25) is 10.0 Å². The Morgan fingerprint density at radius 2 is 2.28 bits per heavy atom. The molecule has 2 rings (SSSR count). The predicted molar refractivity (Wildman–Crippen MR) is 70.8 cm³/mol.